The second-order valence-corrected chi connectivity index (χ2v) is 8.98. The van der Waals surface area contributed by atoms with Crippen LogP contribution in [0.25, 0.3) is 21.3 Å². The summed E-state index contributed by atoms with van der Waals surface area (Å²) in [7, 11) is 1.83. The third-order valence-electron chi connectivity index (χ3n) is 4.31. The predicted molar refractivity (Wildman–Crippen MR) is 116 cm³/mol. The van der Waals surface area contributed by atoms with Crippen LogP contribution < -0.4 is 5.32 Å². The zero-order valence-electron chi connectivity index (χ0n) is 14.8. The van der Waals surface area contributed by atoms with Crippen LogP contribution in [0.3, 0.4) is 0 Å². The van der Waals surface area contributed by atoms with E-state index in [1.54, 1.807) is 16.1 Å². The number of hydrogen-bond donors (Lipinski definition) is 2. The van der Waals surface area contributed by atoms with Gasteiger partial charge >= 0.3 is 5.97 Å². The van der Waals surface area contributed by atoms with Gasteiger partial charge in [0.25, 0.3) is 5.91 Å². The van der Waals surface area contributed by atoms with Crippen LogP contribution in [-0.2, 0) is 7.05 Å². The summed E-state index contributed by atoms with van der Waals surface area (Å²) in [5, 5.41) is 19.8. The number of benzene rings is 1. The van der Waals surface area contributed by atoms with E-state index in [2.05, 4.69) is 26.3 Å². The van der Waals surface area contributed by atoms with Crippen molar-refractivity contribution in [3.8, 4) is 11.1 Å². The van der Waals surface area contributed by atoms with E-state index in [0.717, 1.165) is 25.9 Å². The van der Waals surface area contributed by atoms with Gasteiger partial charge in [-0.05, 0) is 30.7 Å². The van der Waals surface area contributed by atoms with Gasteiger partial charge in [0.05, 0.1) is 10.6 Å². The molecule has 0 spiro atoms. The van der Waals surface area contributed by atoms with E-state index >= 15 is 0 Å². The van der Waals surface area contributed by atoms with Gasteiger partial charge in [-0.2, -0.15) is 5.10 Å². The van der Waals surface area contributed by atoms with Crippen molar-refractivity contribution in [2.24, 2.45) is 7.05 Å². The molecule has 0 radical (unpaired) electrons. The summed E-state index contributed by atoms with van der Waals surface area (Å²) in [5.41, 5.74) is 2.31. The second-order valence-electron chi connectivity index (χ2n) is 6.16. The Labute approximate surface area is 176 Å². The Morgan fingerprint density at radius 3 is 2.61 bits per heavy atom. The Balaban J connectivity index is 1.68. The predicted octanol–water partition coefficient (Wildman–Crippen LogP) is 5.38. The first-order valence-electron chi connectivity index (χ1n) is 8.20. The number of carboxylic acids is 1. The standard InChI is InChI=1S/C19H14BrN3O3S2/c1-9-12-7-14(28-18(12)23(2)22-9)16(24)21-17-15(19(25)26)13(8-27-17)10-3-5-11(20)6-4-10/h3-8H,1-2H3,(H,21,24)(H,25,26). The number of hydrogen-bond acceptors (Lipinski definition) is 5. The quantitative estimate of drug-likeness (QED) is 0.414. The van der Waals surface area contributed by atoms with Gasteiger partial charge in [-0.15, -0.1) is 22.7 Å². The molecule has 4 aromatic rings. The highest BCUT2D eigenvalue weighted by Crippen LogP contribution is 2.37. The summed E-state index contributed by atoms with van der Waals surface area (Å²) in [6, 6.07) is 9.17. The van der Waals surface area contributed by atoms with E-state index in [1.165, 1.54) is 22.7 Å². The number of thiophene rings is 2. The van der Waals surface area contributed by atoms with Crippen LogP contribution in [0.15, 0.2) is 40.2 Å². The Morgan fingerprint density at radius 2 is 1.96 bits per heavy atom. The molecule has 0 aliphatic heterocycles. The molecule has 0 saturated carbocycles. The Bertz CT molecular complexity index is 1190. The number of nitrogens with zero attached hydrogens (tertiary/aromatic N) is 2. The number of carbonyl (C=O) groups is 2. The number of fused-ring (bicyclic) bond motifs is 1. The van der Waals surface area contributed by atoms with E-state index in [4.69, 9.17) is 0 Å². The van der Waals surface area contributed by atoms with Crippen molar-refractivity contribution >= 4 is 65.7 Å². The summed E-state index contributed by atoms with van der Waals surface area (Å²) in [4.78, 5) is 26.1. The van der Waals surface area contributed by atoms with Crippen molar-refractivity contribution in [2.75, 3.05) is 5.32 Å². The maximum atomic E-state index is 12.7. The minimum absolute atomic E-state index is 0.0969. The zero-order valence-corrected chi connectivity index (χ0v) is 18.0. The number of amides is 1. The van der Waals surface area contributed by atoms with Gasteiger partial charge in [0.15, 0.2) is 0 Å². The van der Waals surface area contributed by atoms with Crippen molar-refractivity contribution in [1.82, 2.24) is 9.78 Å². The lowest BCUT2D eigenvalue weighted by molar-refractivity contribution is 0.0699. The van der Waals surface area contributed by atoms with E-state index in [9.17, 15) is 14.7 Å². The van der Waals surface area contributed by atoms with Gasteiger partial charge in [0.2, 0.25) is 0 Å². The zero-order chi connectivity index (χ0) is 20.0. The lowest BCUT2D eigenvalue weighted by Crippen LogP contribution is -2.12. The molecular weight excluding hydrogens is 462 g/mol. The highest BCUT2D eigenvalue weighted by atomic mass is 79.9. The highest BCUT2D eigenvalue weighted by molar-refractivity contribution is 9.10. The molecule has 0 saturated heterocycles. The van der Waals surface area contributed by atoms with Crippen LogP contribution in [0, 0.1) is 6.92 Å². The number of nitrogens with one attached hydrogen (secondary N) is 1. The minimum atomic E-state index is -1.08. The molecule has 0 fully saturated rings. The first kappa shape index (κ1) is 18.9. The van der Waals surface area contributed by atoms with Gasteiger partial charge in [-0.25, -0.2) is 4.79 Å². The van der Waals surface area contributed by atoms with Crippen LogP contribution in [0.2, 0.25) is 0 Å². The summed E-state index contributed by atoms with van der Waals surface area (Å²) in [6.45, 7) is 1.89. The molecule has 0 atom stereocenters. The van der Waals surface area contributed by atoms with Crippen LogP contribution >= 0.6 is 38.6 Å². The topological polar surface area (TPSA) is 84.2 Å². The van der Waals surface area contributed by atoms with Crippen molar-refractivity contribution < 1.29 is 14.7 Å². The normalized spacial score (nSPS) is 11.1. The first-order valence-corrected chi connectivity index (χ1v) is 10.7. The first-order chi connectivity index (χ1) is 13.3. The monoisotopic (exact) mass is 475 g/mol. The lowest BCUT2D eigenvalue weighted by Gasteiger charge is -2.05. The van der Waals surface area contributed by atoms with Gasteiger partial charge < -0.3 is 10.4 Å². The van der Waals surface area contributed by atoms with Crippen LogP contribution in [0.5, 0.6) is 0 Å². The van der Waals surface area contributed by atoms with Crippen molar-refractivity contribution in [2.45, 2.75) is 6.92 Å². The van der Waals surface area contributed by atoms with Crippen LogP contribution in [-0.4, -0.2) is 26.8 Å². The van der Waals surface area contributed by atoms with E-state index < -0.39 is 5.97 Å². The molecule has 6 nitrogen and oxygen atoms in total. The highest BCUT2D eigenvalue weighted by Gasteiger charge is 2.23. The fourth-order valence-corrected chi connectivity index (χ4v) is 5.23. The molecule has 1 aromatic carbocycles. The molecule has 2 N–H and O–H groups in total. The molecule has 0 unspecified atom stereocenters. The molecule has 0 aliphatic rings. The maximum absolute atomic E-state index is 12.7. The third kappa shape index (κ3) is 3.25. The average molecular weight is 476 g/mol. The van der Waals surface area contributed by atoms with Crippen molar-refractivity contribution in [1.29, 1.82) is 0 Å². The summed E-state index contributed by atoms with van der Waals surface area (Å²) in [6.07, 6.45) is 0. The number of carbonyl (C=O) groups excluding carboxylic acids is 1. The number of carboxylic acid groups (broad SMARTS) is 1. The number of aromatic nitrogens is 2. The molecule has 0 aliphatic carbocycles. The Hall–Kier alpha value is -2.49. The fraction of sp³-hybridized carbons (Fsp3) is 0.105. The van der Waals surface area contributed by atoms with E-state index in [0.29, 0.717) is 15.4 Å². The smallest absolute Gasteiger partial charge is 0.339 e. The molecule has 4 rings (SSSR count). The summed E-state index contributed by atoms with van der Waals surface area (Å²) >= 11 is 5.91. The van der Waals surface area contributed by atoms with E-state index in [-0.39, 0.29) is 11.5 Å². The molecule has 0 bridgehead atoms. The summed E-state index contributed by atoms with van der Waals surface area (Å²) in [5.74, 6) is -1.40. The van der Waals surface area contributed by atoms with Gasteiger partial charge in [-0.1, -0.05) is 28.1 Å². The summed E-state index contributed by atoms with van der Waals surface area (Å²) < 4.78 is 2.65. The number of aryl methyl sites for hydroxylation is 2. The molecule has 3 heterocycles. The number of halogens is 1. The largest absolute Gasteiger partial charge is 0.478 e. The third-order valence-corrected chi connectivity index (χ3v) is 6.93. The van der Waals surface area contributed by atoms with Crippen LogP contribution in [0.4, 0.5) is 5.00 Å². The molecule has 28 heavy (non-hydrogen) atoms. The molecule has 142 valence electrons. The Kier molecular flexibility index (Phi) is 4.82. The molecule has 1 amide bonds. The maximum Gasteiger partial charge on any atom is 0.339 e. The average Bonchev–Trinajstić information content (AvgIpc) is 3.32. The fourth-order valence-electron chi connectivity index (χ4n) is 2.99. The van der Waals surface area contributed by atoms with Crippen molar-refractivity contribution in [3.63, 3.8) is 0 Å². The Morgan fingerprint density at radius 1 is 1.25 bits per heavy atom. The SMILES string of the molecule is Cc1nn(C)c2sc(C(=O)Nc3scc(-c4ccc(Br)cc4)c3C(=O)O)cc12. The second kappa shape index (κ2) is 7.16. The number of aromatic carboxylic acids is 1. The van der Waals surface area contributed by atoms with Crippen LogP contribution in [0.1, 0.15) is 25.7 Å². The van der Waals surface area contributed by atoms with E-state index in [1.807, 2.05) is 38.2 Å². The molecule has 9 heteroatoms. The number of rotatable bonds is 4. The number of anilines is 1. The minimum Gasteiger partial charge on any atom is -0.478 e. The van der Waals surface area contributed by atoms with Gasteiger partial charge in [0.1, 0.15) is 15.4 Å². The van der Waals surface area contributed by atoms with Gasteiger partial charge in [-0.3, -0.25) is 9.48 Å². The van der Waals surface area contributed by atoms with Gasteiger partial charge in [0, 0.05) is 27.9 Å². The molecular formula is C19H14BrN3O3S2. The van der Waals surface area contributed by atoms with Crippen molar-refractivity contribution in [3.05, 3.63) is 56.3 Å². The lowest BCUT2D eigenvalue weighted by atomic mass is 10.0. The molecule has 3 aromatic heterocycles.